The van der Waals surface area contributed by atoms with E-state index in [0.717, 1.165) is 29.3 Å². The molecule has 2 aromatic rings. The molecule has 0 atom stereocenters. The van der Waals surface area contributed by atoms with Crippen molar-refractivity contribution in [1.82, 2.24) is 0 Å². The molecule has 112 valence electrons. The Morgan fingerprint density at radius 1 is 0.857 bits per heavy atom. The third-order valence-electron chi connectivity index (χ3n) is 3.83. The van der Waals surface area contributed by atoms with Crippen LogP contribution in [0.1, 0.15) is 22.3 Å². The van der Waals surface area contributed by atoms with Crippen LogP contribution in [0.5, 0.6) is 11.5 Å². The summed E-state index contributed by atoms with van der Waals surface area (Å²) in [6, 6.07) is 10.4. The first-order chi connectivity index (χ1) is 10.1. The molecular formula is C18H23NO2. The van der Waals surface area contributed by atoms with E-state index >= 15 is 0 Å². The first-order valence-corrected chi connectivity index (χ1v) is 7.08. The van der Waals surface area contributed by atoms with Crippen LogP contribution in [0.2, 0.25) is 0 Å². The van der Waals surface area contributed by atoms with Crippen molar-refractivity contribution in [3.63, 3.8) is 0 Å². The number of rotatable bonds is 5. The summed E-state index contributed by atoms with van der Waals surface area (Å²) >= 11 is 0. The average molecular weight is 285 g/mol. The minimum Gasteiger partial charge on any atom is -0.493 e. The standard InChI is InChI=1S/C18H23NO2/c1-12-7-6-8-13(2)15(12)11-19-16-10-18(21-5)17(20-4)9-14(16)3/h6-10,19H,11H2,1-5H3. The van der Waals surface area contributed by atoms with Gasteiger partial charge in [-0.15, -0.1) is 0 Å². The van der Waals surface area contributed by atoms with Gasteiger partial charge >= 0.3 is 0 Å². The zero-order valence-corrected chi connectivity index (χ0v) is 13.4. The van der Waals surface area contributed by atoms with E-state index in [-0.39, 0.29) is 0 Å². The lowest BCUT2D eigenvalue weighted by Gasteiger charge is -2.16. The van der Waals surface area contributed by atoms with Crippen LogP contribution in [0.15, 0.2) is 30.3 Å². The van der Waals surface area contributed by atoms with Gasteiger partial charge in [-0.1, -0.05) is 18.2 Å². The van der Waals surface area contributed by atoms with E-state index in [1.807, 2.05) is 12.1 Å². The molecule has 0 bridgehead atoms. The van der Waals surface area contributed by atoms with E-state index in [1.54, 1.807) is 14.2 Å². The van der Waals surface area contributed by atoms with Gasteiger partial charge < -0.3 is 14.8 Å². The summed E-state index contributed by atoms with van der Waals surface area (Å²) in [6.07, 6.45) is 0. The summed E-state index contributed by atoms with van der Waals surface area (Å²) in [4.78, 5) is 0. The molecule has 0 aliphatic rings. The molecule has 0 radical (unpaired) electrons. The first-order valence-electron chi connectivity index (χ1n) is 7.08. The quantitative estimate of drug-likeness (QED) is 0.891. The number of ether oxygens (including phenoxy) is 2. The highest BCUT2D eigenvalue weighted by atomic mass is 16.5. The number of methoxy groups -OCH3 is 2. The van der Waals surface area contributed by atoms with Crippen molar-refractivity contribution in [3.05, 3.63) is 52.6 Å². The third-order valence-corrected chi connectivity index (χ3v) is 3.83. The molecule has 2 rings (SSSR count). The lowest BCUT2D eigenvalue weighted by molar-refractivity contribution is 0.355. The van der Waals surface area contributed by atoms with Crippen molar-refractivity contribution in [3.8, 4) is 11.5 Å². The Labute approximate surface area is 126 Å². The molecule has 0 saturated carbocycles. The van der Waals surface area contributed by atoms with Crippen LogP contribution in [0.25, 0.3) is 0 Å². The minimum atomic E-state index is 0.743. The van der Waals surface area contributed by atoms with E-state index in [1.165, 1.54) is 16.7 Å². The number of anilines is 1. The van der Waals surface area contributed by atoms with Crippen LogP contribution in [-0.4, -0.2) is 14.2 Å². The lowest BCUT2D eigenvalue weighted by Crippen LogP contribution is -2.05. The maximum atomic E-state index is 5.37. The van der Waals surface area contributed by atoms with E-state index < -0.39 is 0 Å². The maximum absolute atomic E-state index is 5.37. The smallest absolute Gasteiger partial charge is 0.162 e. The van der Waals surface area contributed by atoms with E-state index in [2.05, 4.69) is 44.3 Å². The summed E-state index contributed by atoms with van der Waals surface area (Å²) in [7, 11) is 3.31. The van der Waals surface area contributed by atoms with E-state index in [4.69, 9.17) is 9.47 Å². The largest absolute Gasteiger partial charge is 0.493 e. The molecule has 3 nitrogen and oxygen atoms in total. The van der Waals surface area contributed by atoms with E-state index in [0.29, 0.717) is 0 Å². The minimum absolute atomic E-state index is 0.743. The fourth-order valence-electron chi connectivity index (χ4n) is 2.48. The lowest BCUT2D eigenvalue weighted by atomic mass is 10.0. The van der Waals surface area contributed by atoms with Crippen LogP contribution in [0.4, 0.5) is 5.69 Å². The number of nitrogens with one attached hydrogen (secondary N) is 1. The van der Waals surface area contributed by atoms with Crippen molar-refractivity contribution in [1.29, 1.82) is 0 Å². The molecular weight excluding hydrogens is 262 g/mol. The molecule has 0 aliphatic heterocycles. The van der Waals surface area contributed by atoms with Crippen molar-refractivity contribution in [2.75, 3.05) is 19.5 Å². The fourth-order valence-corrected chi connectivity index (χ4v) is 2.48. The van der Waals surface area contributed by atoms with Gasteiger partial charge in [0, 0.05) is 18.3 Å². The van der Waals surface area contributed by atoms with E-state index in [9.17, 15) is 0 Å². The first kappa shape index (κ1) is 15.2. The Morgan fingerprint density at radius 2 is 1.43 bits per heavy atom. The summed E-state index contributed by atoms with van der Waals surface area (Å²) in [6.45, 7) is 7.15. The van der Waals surface area contributed by atoms with Gasteiger partial charge in [0.15, 0.2) is 11.5 Å². The normalized spacial score (nSPS) is 10.3. The Morgan fingerprint density at radius 3 is 2.00 bits per heavy atom. The summed E-state index contributed by atoms with van der Waals surface area (Å²) in [5.74, 6) is 1.50. The second-order valence-electron chi connectivity index (χ2n) is 5.25. The molecule has 0 unspecified atom stereocenters. The number of hydrogen-bond donors (Lipinski definition) is 1. The van der Waals surface area contributed by atoms with Crippen molar-refractivity contribution >= 4 is 5.69 Å². The molecule has 2 aromatic carbocycles. The highest BCUT2D eigenvalue weighted by molar-refractivity contribution is 5.60. The SMILES string of the molecule is COc1cc(C)c(NCc2c(C)cccc2C)cc1OC. The zero-order chi connectivity index (χ0) is 15.4. The summed E-state index contributed by atoms with van der Waals surface area (Å²) in [5.41, 5.74) is 6.15. The highest BCUT2D eigenvalue weighted by Crippen LogP contribution is 2.33. The van der Waals surface area contributed by atoms with Crippen LogP contribution in [0.3, 0.4) is 0 Å². The number of benzene rings is 2. The Balaban J connectivity index is 2.24. The van der Waals surface area contributed by atoms with Crippen LogP contribution < -0.4 is 14.8 Å². The molecule has 0 spiro atoms. The zero-order valence-electron chi connectivity index (χ0n) is 13.4. The molecule has 3 heteroatoms. The molecule has 21 heavy (non-hydrogen) atoms. The Kier molecular flexibility index (Phi) is 4.73. The predicted molar refractivity (Wildman–Crippen MR) is 87.5 cm³/mol. The molecule has 0 aliphatic carbocycles. The van der Waals surface area contributed by atoms with Crippen LogP contribution in [0, 0.1) is 20.8 Å². The second kappa shape index (κ2) is 6.53. The molecule has 1 N–H and O–H groups in total. The van der Waals surface area contributed by atoms with Crippen molar-refractivity contribution in [2.45, 2.75) is 27.3 Å². The van der Waals surface area contributed by atoms with Gasteiger partial charge in [-0.3, -0.25) is 0 Å². The molecule has 0 heterocycles. The summed E-state index contributed by atoms with van der Waals surface area (Å²) in [5, 5.41) is 3.50. The average Bonchev–Trinajstić information content (AvgIpc) is 2.47. The van der Waals surface area contributed by atoms with Gasteiger partial charge in [0.25, 0.3) is 0 Å². The molecule has 0 aromatic heterocycles. The monoisotopic (exact) mass is 285 g/mol. The Bertz CT molecular complexity index is 615. The second-order valence-corrected chi connectivity index (χ2v) is 5.25. The van der Waals surface area contributed by atoms with Gasteiger partial charge in [-0.2, -0.15) is 0 Å². The highest BCUT2D eigenvalue weighted by Gasteiger charge is 2.09. The fraction of sp³-hybridized carbons (Fsp3) is 0.333. The summed E-state index contributed by atoms with van der Waals surface area (Å²) < 4.78 is 10.7. The molecule has 0 saturated heterocycles. The van der Waals surface area contributed by atoms with Gasteiger partial charge in [0.05, 0.1) is 14.2 Å². The van der Waals surface area contributed by atoms with Crippen molar-refractivity contribution in [2.24, 2.45) is 0 Å². The number of hydrogen-bond acceptors (Lipinski definition) is 3. The van der Waals surface area contributed by atoms with Gasteiger partial charge in [0.2, 0.25) is 0 Å². The predicted octanol–water partition coefficient (Wildman–Crippen LogP) is 4.24. The van der Waals surface area contributed by atoms with Crippen molar-refractivity contribution < 1.29 is 9.47 Å². The number of aryl methyl sites for hydroxylation is 3. The van der Waals surface area contributed by atoms with Gasteiger partial charge in [-0.05, 0) is 49.1 Å². The topological polar surface area (TPSA) is 30.5 Å². The maximum Gasteiger partial charge on any atom is 0.162 e. The molecule has 0 amide bonds. The molecule has 0 fully saturated rings. The third kappa shape index (κ3) is 3.30. The van der Waals surface area contributed by atoms with Gasteiger partial charge in [-0.25, -0.2) is 0 Å². The van der Waals surface area contributed by atoms with Crippen LogP contribution >= 0.6 is 0 Å². The van der Waals surface area contributed by atoms with Crippen LogP contribution in [-0.2, 0) is 6.54 Å². The Hall–Kier alpha value is -2.16. The van der Waals surface area contributed by atoms with Gasteiger partial charge in [0.1, 0.15) is 0 Å².